The van der Waals surface area contributed by atoms with Gasteiger partial charge in [-0.15, -0.1) is 24.8 Å². The van der Waals surface area contributed by atoms with Gasteiger partial charge in [0.25, 0.3) is 0 Å². The second-order valence-corrected chi connectivity index (χ2v) is 7.12. The molecular formula is C22H31Cl2N3O. The van der Waals surface area contributed by atoms with Gasteiger partial charge in [0.1, 0.15) is 6.04 Å². The SMILES string of the molecule is Cl.Cl.NC(C(=O)NCc1cccc(CN2CCCCCC2)c1)c1ccccc1. The van der Waals surface area contributed by atoms with Crippen molar-refractivity contribution in [2.75, 3.05) is 13.1 Å². The minimum Gasteiger partial charge on any atom is -0.350 e. The van der Waals surface area contributed by atoms with Crippen molar-refractivity contribution >= 4 is 30.7 Å². The molecule has 1 fully saturated rings. The summed E-state index contributed by atoms with van der Waals surface area (Å²) in [5.74, 6) is -0.144. The maximum absolute atomic E-state index is 12.3. The number of hydrogen-bond donors (Lipinski definition) is 2. The van der Waals surface area contributed by atoms with E-state index in [2.05, 4.69) is 34.5 Å². The first-order valence-electron chi connectivity index (χ1n) is 9.61. The molecule has 3 N–H and O–H groups in total. The van der Waals surface area contributed by atoms with Gasteiger partial charge >= 0.3 is 0 Å². The van der Waals surface area contributed by atoms with Crippen molar-refractivity contribution in [2.45, 2.75) is 44.8 Å². The molecule has 2 aromatic carbocycles. The summed E-state index contributed by atoms with van der Waals surface area (Å²) in [5.41, 5.74) is 9.31. The maximum Gasteiger partial charge on any atom is 0.241 e. The summed E-state index contributed by atoms with van der Waals surface area (Å²) in [4.78, 5) is 14.9. The van der Waals surface area contributed by atoms with Crippen LogP contribution in [0.1, 0.15) is 48.4 Å². The monoisotopic (exact) mass is 423 g/mol. The summed E-state index contributed by atoms with van der Waals surface area (Å²) < 4.78 is 0. The fourth-order valence-electron chi connectivity index (χ4n) is 3.50. The van der Waals surface area contributed by atoms with Crippen molar-refractivity contribution in [1.82, 2.24) is 10.2 Å². The number of nitrogens with one attached hydrogen (secondary N) is 1. The summed E-state index contributed by atoms with van der Waals surface area (Å²) in [6, 6.07) is 17.3. The summed E-state index contributed by atoms with van der Waals surface area (Å²) in [6.07, 6.45) is 5.30. The maximum atomic E-state index is 12.3. The molecule has 2 aromatic rings. The number of nitrogens with two attached hydrogens (primary N) is 1. The molecule has 0 aliphatic carbocycles. The average molecular weight is 424 g/mol. The molecule has 1 saturated heterocycles. The summed E-state index contributed by atoms with van der Waals surface area (Å²) in [6.45, 7) is 3.87. The van der Waals surface area contributed by atoms with Crippen LogP contribution in [-0.2, 0) is 17.9 Å². The van der Waals surface area contributed by atoms with Crippen LogP contribution >= 0.6 is 24.8 Å². The molecule has 0 saturated carbocycles. The van der Waals surface area contributed by atoms with Crippen LogP contribution in [0.5, 0.6) is 0 Å². The molecule has 154 valence electrons. The van der Waals surface area contributed by atoms with Crippen molar-refractivity contribution in [3.63, 3.8) is 0 Å². The van der Waals surface area contributed by atoms with Gasteiger partial charge in [-0.2, -0.15) is 0 Å². The van der Waals surface area contributed by atoms with E-state index in [0.717, 1.165) is 17.7 Å². The Bertz CT molecular complexity index is 704. The van der Waals surface area contributed by atoms with Crippen LogP contribution in [0.4, 0.5) is 0 Å². The summed E-state index contributed by atoms with van der Waals surface area (Å²) in [7, 11) is 0. The molecule has 1 heterocycles. The number of halogens is 2. The van der Waals surface area contributed by atoms with Gasteiger partial charge in [0.05, 0.1) is 0 Å². The Labute approximate surface area is 180 Å². The van der Waals surface area contributed by atoms with Gasteiger partial charge in [0.2, 0.25) is 5.91 Å². The van der Waals surface area contributed by atoms with Gasteiger partial charge in [-0.1, -0.05) is 67.4 Å². The fraction of sp³-hybridized carbons (Fsp3) is 0.409. The number of hydrogen-bond acceptors (Lipinski definition) is 3. The minimum absolute atomic E-state index is 0. The molecular weight excluding hydrogens is 393 g/mol. The van der Waals surface area contributed by atoms with Crippen LogP contribution in [0.25, 0.3) is 0 Å². The molecule has 28 heavy (non-hydrogen) atoms. The second-order valence-electron chi connectivity index (χ2n) is 7.12. The standard InChI is InChI=1S/C22H29N3O.2ClH/c23-21(20-11-4-3-5-12-20)22(26)24-16-18-9-8-10-19(15-18)17-25-13-6-1-2-7-14-25;;/h3-5,8-12,15,21H,1-2,6-7,13-14,16-17,23H2,(H,24,26);2*1H. The lowest BCUT2D eigenvalue weighted by atomic mass is 10.1. The Kier molecular flexibility index (Phi) is 11.2. The van der Waals surface area contributed by atoms with Gasteiger partial charge < -0.3 is 11.1 Å². The highest BCUT2D eigenvalue weighted by molar-refractivity contribution is 5.85. The third kappa shape index (κ3) is 7.44. The van der Waals surface area contributed by atoms with Gasteiger partial charge in [0, 0.05) is 13.1 Å². The predicted octanol–water partition coefficient (Wildman–Crippen LogP) is 4.22. The van der Waals surface area contributed by atoms with Crippen molar-refractivity contribution < 1.29 is 4.79 Å². The normalized spacial score (nSPS) is 15.5. The topological polar surface area (TPSA) is 58.4 Å². The van der Waals surface area contributed by atoms with E-state index < -0.39 is 6.04 Å². The average Bonchev–Trinajstić information content (AvgIpc) is 2.95. The molecule has 4 nitrogen and oxygen atoms in total. The lowest BCUT2D eigenvalue weighted by molar-refractivity contribution is -0.122. The molecule has 1 unspecified atom stereocenters. The Hall–Kier alpha value is -1.59. The van der Waals surface area contributed by atoms with Crippen molar-refractivity contribution in [3.05, 3.63) is 71.3 Å². The highest BCUT2D eigenvalue weighted by atomic mass is 35.5. The largest absolute Gasteiger partial charge is 0.350 e. The molecule has 0 aromatic heterocycles. The molecule has 1 atom stereocenters. The molecule has 0 bridgehead atoms. The number of amides is 1. The first-order valence-corrected chi connectivity index (χ1v) is 9.61. The highest BCUT2D eigenvalue weighted by Gasteiger charge is 2.15. The van der Waals surface area contributed by atoms with E-state index in [1.807, 2.05) is 30.3 Å². The summed E-state index contributed by atoms with van der Waals surface area (Å²) >= 11 is 0. The zero-order valence-corrected chi connectivity index (χ0v) is 17.8. The number of likely N-dealkylation sites (tertiary alicyclic amines) is 1. The predicted molar refractivity (Wildman–Crippen MR) is 120 cm³/mol. The molecule has 6 heteroatoms. The lowest BCUT2D eigenvalue weighted by Crippen LogP contribution is -2.33. The number of nitrogens with zero attached hydrogens (tertiary/aromatic N) is 1. The van der Waals surface area contributed by atoms with Gasteiger partial charge in [-0.3, -0.25) is 9.69 Å². The quantitative estimate of drug-likeness (QED) is 0.730. The third-order valence-electron chi connectivity index (χ3n) is 5.00. The fourth-order valence-corrected chi connectivity index (χ4v) is 3.50. The molecule has 3 rings (SSSR count). The Morgan fingerprint density at radius 2 is 1.57 bits per heavy atom. The number of benzene rings is 2. The van der Waals surface area contributed by atoms with E-state index in [4.69, 9.17) is 5.73 Å². The summed E-state index contributed by atoms with van der Waals surface area (Å²) in [5, 5.41) is 2.96. The van der Waals surface area contributed by atoms with Gasteiger partial charge in [-0.25, -0.2) is 0 Å². The number of rotatable bonds is 6. The Morgan fingerprint density at radius 1 is 0.929 bits per heavy atom. The first-order chi connectivity index (χ1) is 12.7. The molecule has 1 amide bonds. The highest BCUT2D eigenvalue weighted by Crippen LogP contribution is 2.15. The third-order valence-corrected chi connectivity index (χ3v) is 5.00. The van der Waals surface area contributed by atoms with Crippen LogP contribution in [0.3, 0.4) is 0 Å². The van der Waals surface area contributed by atoms with Crippen molar-refractivity contribution in [3.8, 4) is 0 Å². The second kappa shape index (κ2) is 12.8. The molecule has 1 aliphatic heterocycles. The van der Waals surface area contributed by atoms with E-state index in [-0.39, 0.29) is 30.7 Å². The number of carbonyl (C=O) groups is 1. The zero-order valence-electron chi connectivity index (χ0n) is 16.2. The van der Waals surface area contributed by atoms with E-state index in [0.29, 0.717) is 6.54 Å². The van der Waals surface area contributed by atoms with Crippen LogP contribution in [-0.4, -0.2) is 23.9 Å². The molecule has 1 aliphatic rings. The Balaban J connectivity index is 0.00000196. The first kappa shape index (κ1) is 24.4. The van der Waals surface area contributed by atoms with Crippen molar-refractivity contribution in [2.24, 2.45) is 5.73 Å². The van der Waals surface area contributed by atoms with E-state index in [1.54, 1.807) is 0 Å². The van der Waals surface area contributed by atoms with Crippen molar-refractivity contribution in [1.29, 1.82) is 0 Å². The van der Waals surface area contributed by atoms with Crippen LogP contribution in [0, 0.1) is 0 Å². The van der Waals surface area contributed by atoms with Gasteiger partial charge in [0.15, 0.2) is 0 Å². The Morgan fingerprint density at radius 3 is 2.25 bits per heavy atom. The lowest BCUT2D eigenvalue weighted by Gasteiger charge is -2.20. The smallest absolute Gasteiger partial charge is 0.241 e. The number of carbonyl (C=O) groups excluding carboxylic acids is 1. The van der Waals surface area contributed by atoms with Crippen LogP contribution in [0.15, 0.2) is 54.6 Å². The van der Waals surface area contributed by atoms with E-state index in [1.165, 1.54) is 44.3 Å². The van der Waals surface area contributed by atoms with Crippen LogP contribution < -0.4 is 11.1 Å². The van der Waals surface area contributed by atoms with Crippen LogP contribution in [0.2, 0.25) is 0 Å². The molecule has 0 spiro atoms. The van der Waals surface area contributed by atoms with E-state index >= 15 is 0 Å². The van der Waals surface area contributed by atoms with Gasteiger partial charge in [-0.05, 0) is 42.6 Å². The minimum atomic E-state index is -0.628. The zero-order chi connectivity index (χ0) is 18.2. The molecule has 0 radical (unpaired) electrons. The van der Waals surface area contributed by atoms with E-state index in [9.17, 15) is 4.79 Å².